The third-order valence-corrected chi connectivity index (χ3v) is 3.79. The normalized spacial score (nSPS) is 11.1. The fraction of sp³-hybridized carbons (Fsp3) is 0.294. The number of aromatic nitrogens is 3. The van der Waals surface area contributed by atoms with Gasteiger partial charge in [0.25, 0.3) is 0 Å². The Morgan fingerprint density at radius 1 is 1.10 bits per heavy atom. The van der Waals surface area contributed by atoms with Crippen LogP contribution in [0.25, 0.3) is 10.9 Å². The van der Waals surface area contributed by atoms with Gasteiger partial charge in [-0.05, 0) is 31.0 Å². The first-order valence-corrected chi connectivity index (χ1v) is 7.41. The molecule has 3 aromatic rings. The molecule has 3 rings (SSSR count). The molecule has 0 bridgehead atoms. The van der Waals surface area contributed by atoms with E-state index in [0.29, 0.717) is 12.4 Å². The molecule has 2 heterocycles. The van der Waals surface area contributed by atoms with Gasteiger partial charge in [0.2, 0.25) is 0 Å². The average molecular weight is 280 g/mol. The van der Waals surface area contributed by atoms with Crippen LogP contribution in [0.5, 0.6) is 0 Å². The van der Waals surface area contributed by atoms with Crippen LogP contribution in [0, 0.1) is 0 Å². The molecule has 4 nitrogen and oxygen atoms in total. The van der Waals surface area contributed by atoms with Gasteiger partial charge in [-0.15, -0.1) is 0 Å². The first-order valence-electron chi connectivity index (χ1n) is 7.41. The molecule has 0 saturated heterocycles. The highest BCUT2D eigenvalue weighted by Gasteiger charge is 2.09. The molecule has 2 aromatic heterocycles. The summed E-state index contributed by atoms with van der Waals surface area (Å²) in [5.41, 5.74) is 10.4. The van der Waals surface area contributed by atoms with Crippen LogP contribution in [0.4, 0.5) is 5.82 Å². The van der Waals surface area contributed by atoms with Gasteiger partial charge in [-0.1, -0.05) is 32.0 Å². The maximum absolute atomic E-state index is 6.11. The molecule has 2 N–H and O–H groups in total. The van der Waals surface area contributed by atoms with Crippen molar-refractivity contribution in [3.63, 3.8) is 0 Å². The van der Waals surface area contributed by atoms with Gasteiger partial charge in [0.05, 0.1) is 17.8 Å². The summed E-state index contributed by atoms with van der Waals surface area (Å²) in [6.45, 7) is 4.94. The van der Waals surface area contributed by atoms with Gasteiger partial charge in [0, 0.05) is 16.6 Å². The van der Waals surface area contributed by atoms with E-state index in [1.807, 2.05) is 22.9 Å². The number of para-hydroxylation sites is 1. The van der Waals surface area contributed by atoms with Crippen molar-refractivity contribution in [2.75, 3.05) is 5.73 Å². The lowest BCUT2D eigenvalue weighted by molar-refractivity contribution is 0.641. The summed E-state index contributed by atoms with van der Waals surface area (Å²) in [5.74, 6) is 0.587. The van der Waals surface area contributed by atoms with Crippen LogP contribution in [0.2, 0.25) is 0 Å². The third kappa shape index (κ3) is 2.61. The van der Waals surface area contributed by atoms with Gasteiger partial charge in [0.15, 0.2) is 0 Å². The quantitative estimate of drug-likeness (QED) is 0.798. The van der Waals surface area contributed by atoms with Crippen molar-refractivity contribution in [1.82, 2.24) is 14.8 Å². The molecule has 0 radical (unpaired) electrons. The van der Waals surface area contributed by atoms with Crippen LogP contribution in [0.15, 0.2) is 36.4 Å². The molecule has 21 heavy (non-hydrogen) atoms. The van der Waals surface area contributed by atoms with E-state index in [2.05, 4.69) is 42.1 Å². The average Bonchev–Trinajstić information content (AvgIpc) is 2.90. The van der Waals surface area contributed by atoms with E-state index in [9.17, 15) is 0 Å². The minimum Gasteiger partial charge on any atom is -0.383 e. The van der Waals surface area contributed by atoms with Gasteiger partial charge < -0.3 is 5.73 Å². The summed E-state index contributed by atoms with van der Waals surface area (Å²) in [6, 6.07) is 12.3. The van der Waals surface area contributed by atoms with E-state index >= 15 is 0 Å². The van der Waals surface area contributed by atoms with Crippen molar-refractivity contribution in [1.29, 1.82) is 0 Å². The number of benzene rings is 1. The SMILES string of the molecule is CCc1cc(CC)n(Cc2cc3ccccc3nc2N)n1. The van der Waals surface area contributed by atoms with E-state index in [1.54, 1.807) is 0 Å². The molecular formula is C17H20N4. The molecule has 0 aliphatic heterocycles. The fourth-order valence-corrected chi connectivity index (χ4v) is 2.57. The molecule has 0 atom stereocenters. The smallest absolute Gasteiger partial charge is 0.129 e. The summed E-state index contributed by atoms with van der Waals surface area (Å²) in [5, 5.41) is 5.76. The van der Waals surface area contributed by atoms with Crippen LogP contribution in [-0.4, -0.2) is 14.8 Å². The number of fused-ring (bicyclic) bond motifs is 1. The molecular weight excluding hydrogens is 260 g/mol. The van der Waals surface area contributed by atoms with Crippen LogP contribution in [-0.2, 0) is 19.4 Å². The number of anilines is 1. The first-order chi connectivity index (χ1) is 10.2. The van der Waals surface area contributed by atoms with E-state index < -0.39 is 0 Å². The molecule has 0 aliphatic rings. The largest absolute Gasteiger partial charge is 0.383 e. The lowest BCUT2D eigenvalue weighted by atomic mass is 10.1. The van der Waals surface area contributed by atoms with E-state index in [4.69, 9.17) is 5.73 Å². The highest BCUT2D eigenvalue weighted by atomic mass is 15.3. The second-order valence-corrected chi connectivity index (χ2v) is 5.22. The predicted molar refractivity (Wildman–Crippen MR) is 86.2 cm³/mol. The molecule has 0 fully saturated rings. The number of nitrogens with two attached hydrogens (primary N) is 1. The van der Waals surface area contributed by atoms with Crippen molar-refractivity contribution in [2.24, 2.45) is 0 Å². The molecule has 0 spiro atoms. The Bertz CT molecular complexity index is 774. The number of nitrogen functional groups attached to an aromatic ring is 1. The molecule has 0 aliphatic carbocycles. The number of nitrogens with zero attached hydrogens (tertiary/aromatic N) is 3. The monoisotopic (exact) mass is 280 g/mol. The van der Waals surface area contributed by atoms with Crippen molar-refractivity contribution in [3.05, 3.63) is 53.3 Å². The lowest BCUT2D eigenvalue weighted by Gasteiger charge is -2.09. The van der Waals surface area contributed by atoms with E-state index in [-0.39, 0.29) is 0 Å². The minimum absolute atomic E-state index is 0.587. The molecule has 0 unspecified atom stereocenters. The van der Waals surface area contributed by atoms with Crippen molar-refractivity contribution in [3.8, 4) is 0 Å². The topological polar surface area (TPSA) is 56.7 Å². The highest BCUT2D eigenvalue weighted by Crippen LogP contribution is 2.20. The number of hydrogen-bond acceptors (Lipinski definition) is 3. The van der Waals surface area contributed by atoms with Gasteiger partial charge in [0.1, 0.15) is 5.82 Å². The fourth-order valence-electron chi connectivity index (χ4n) is 2.57. The Balaban J connectivity index is 2.01. The summed E-state index contributed by atoms with van der Waals surface area (Å²) in [7, 11) is 0. The maximum Gasteiger partial charge on any atom is 0.129 e. The lowest BCUT2D eigenvalue weighted by Crippen LogP contribution is -2.09. The van der Waals surface area contributed by atoms with Crippen LogP contribution < -0.4 is 5.73 Å². The van der Waals surface area contributed by atoms with Crippen LogP contribution in [0.3, 0.4) is 0 Å². The molecule has 0 amide bonds. The summed E-state index contributed by atoms with van der Waals surface area (Å²) >= 11 is 0. The van der Waals surface area contributed by atoms with Crippen LogP contribution >= 0.6 is 0 Å². The Morgan fingerprint density at radius 3 is 2.67 bits per heavy atom. The zero-order valence-corrected chi connectivity index (χ0v) is 12.5. The van der Waals surface area contributed by atoms with E-state index in [1.165, 1.54) is 5.69 Å². The van der Waals surface area contributed by atoms with Gasteiger partial charge in [-0.3, -0.25) is 4.68 Å². The number of pyridine rings is 1. The van der Waals surface area contributed by atoms with Crippen molar-refractivity contribution < 1.29 is 0 Å². The zero-order chi connectivity index (χ0) is 14.8. The van der Waals surface area contributed by atoms with Gasteiger partial charge in [-0.2, -0.15) is 5.10 Å². The summed E-state index contributed by atoms with van der Waals surface area (Å²) < 4.78 is 2.04. The van der Waals surface area contributed by atoms with Crippen molar-refractivity contribution in [2.45, 2.75) is 33.2 Å². The third-order valence-electron chi connectivity index (χ3n) is 3.79. The Labute approximate surface area is 124 Å². The van der Waals surface area contributed by atoms with Crippen LogP contribution in [0.1, 0.15) is 30.8 Å². The number of aryl methyl sites for hydroxylation is 2. The number of hydrogen-bond donors (Lipinski definition) is 1. The zero-order valence-electron chi connectivity index (χ0n) is 12.5. The second-order valence-electron chi connectivity index (χ2n) is 5.22. The second kappa shape index (κ2) is 5.56. The van der Waals surface area contributed by atoms with E-state index in [0.717, 1.165) is 35.0 Å². The Hall–Kier alpha value is -2.36. The van der Waals surface area contributed by atoms with Gasteiger partial charge >= 0.3 is 0 Å². The maximum atomic E-state index is 6.11. The summed E-state index contributed by atoms with van der Waals surface area (Å²) in [4.78, 5) is 4.49. The molecule has 108 valence electrons. The molecule has 4 heteroatoms. The van der Waals surface area contributed by atoms with Crippen molar-refractivity contribution >= 4 is 16.7 Å². The minimum atomic E-state index is 0.587. The molecule has 0 saturated carbocycles. The standard InChI is InChI=1S/C17H20N4/c1-3-14-10-15(4-2)21(20-14)11-13-9-12-7-5-6-8-16(12)19-17(13)18/h5-10H,3-4,11H2,1-2H3,(H2,18,19). The van der Waals surface area contributed by atoms with Gasteiger partial charge in [-0.25, -0.2) is 4.98 Å². The predicted octanol–water partition coefficient (Wildman–Crippen LogP) is 3.19. The highest BCUT2D eigenvalue weighted by molar-refractivity contribution is 5.81. The first kappa shape index (κ1) is 13.6. The molecule has 1 aromatic carbocycles. The summed E-state index contributed by atoms with van der Waals surface area (Å²) in [6.07, 6.45) is 1.92. The number of rotatable bonds is 4. The Kier molecular flexibility index (Phi) is 3.60. The Morgan fingerprint density at radius 2 is 1.90 bits per heavy atom.